The van der Waals surface area contributed by atoms with Crippen molar-refractivity contribution >= 4 is 5.69 Å². The third-order valence-electron chi connectivity index (χ3n) is 4.67. The van der Waals surface area contributed by atoms with Gasteiger partial charge in [0.1, 0.15) is 0 Å². The Kier molecular flexibility index (Phi) is 5.12. The smallest absolute Gasteiger partial charge is 0.269 e. The fourth-order valence-electron chi connectivity index (χ4n) is 3.06. The largest absolute Gasteiger partial charge is 0.313 e. The maximum Gasteiger partial charge on any atom is 0.269 e. The van der Waals surface area contributed by atoms with Crippen molar-refractivity contribution in [1.29, 1.82) is 0 Å². The Morgan fingerprint density at radius 3 is 2.60 bits per heavy atom. The second-order valence-corrected chi connectivity index (χ2v) is 6.00. The standard InChI is InChI=1S/C16H24N2O2/c1-12-4-3-5-16(13(12)2)17-11-10-14-6-8-15(9-7-14)18(19)20/h6-9,12-13,16-17H,3-5,10-11H2,1-2H3. The Bertz CT molecular complexity index is 444. The number of hydrogen-bond acceptors (Lipinski definition) is 3. The number of nitro benzene ring substituents is 1. The van der Waals surface area contributed by atoms with E-state index in [9.17, 15) is 10.1 Å². The highest BCUT2D eigenvalue weighted by atomic mass is 16.6. The van der Waals surface area contributed by atoms with Crippen LogP contribution in [0.3, 0.4) is 0 Å². The summed E-state index contributed by atoms with van der Waals surface area (Å²) in [4.78, 5) is 10.2. The van der Waals surface area contributed by atoms with Crippen molar-refractivity contribution in [1.82, 2.24) is 5.32 Å². The molecule has 1 aromatic rings. The molecule has 3 atom stereocenters. The first-order valence-corrected chi connectivity index (χ1v) is 7.54. The minimum absolute atomic E-state index is 0.163. The van der Waals surface area contributed by atoms with E-state index < -0.39 is 0 Å². The number of benzene rings is 1. The average Bonchev–Trinajstić information content (AvgIpc) is 2.44. The first-order chi connectivity index (χ1) is 9.58. The van der Waals surface area contributed by atoms with E-state index in [4.69, 9.17) is 0 Å². The number of nitrogens with one attached hydrogen (secondary N) is 1. The molecule has 0 spiro atoms. The Hall–Kier alpha value is -1.42. The van der Waals surface area contributed by atoms with Gasteiger partial charge in [0.05, 0.1) is 4.92 Å². The summed E-state index contributed by atoms with van der Waals surface area (Å²) in [5.41, 5.74) is 1.32. The maximum atomic E-state index is 10.6. The molecule has 3 unspecified atom stereocenters. The van der Waals surface area contributed by atoms with Gasteiger partial charge in [-0.25, -0.2) is 0 Å². The molecule has 0 aromatic heterocycles. The predicted octanol–water partition coefficient (Wildman–Crippen LogP) is 3.55. The van der Waals surface area contributed by atoms with Crippen LogP contribution in [0.15, 0.2) is 24.3 Å². The Morgan fingerprint density at radius 1 is 1.25 bits per heavy atom. The molecular formula is C16H24N2O2. The van der Waals surface area contributed by atoms with Gasteiger partial charge in [-0.2, -0.15) is 0 Å². The van der Waals surface area contributed by atoms with Crippen LogP contribution in [-0.2, 0) is 6.42 Å². The SMILES string of the molecule is CC1CCCC(NCCc2ccc([N+](=O)[O-])cc2)C1C. The van der Waals surface area contributed by atoms with Crippen LogP contribution >= 0.6 is 0 Å². The van der Waals surface area contributed by atoms with Crippen LogP contribution in [0.5, 0.6) is 0 Å². The molecule has 0 saturated heterocycles. The van der Waals surface area contributed by atoms with Crippen molar-refractivity contribution in [3.63, 3.8) is 0 Å². The normalized spacial score (nSPS) is 26.4. The van der Waals surface area contributed by atoms with Gasteiger partial charge in [0.15, 0.2) is 0 Å². The van der Waals surface area contributed by atoms with Gasteiger partial charge in [0, 0.05) is 18.2 Å². The van der Waals surface area contributed by atoms with E-state index in [1.165, 1.54) is 19.3 Å². The quantitative estimate of drug-likeness (QED) is 0.661. The average molecular weight is 276 g/mol. The van der Waals surface area contributed by atoms with E-state index in [0.29, 0.717) is 6.04 Å². The zero-order chi connectivity index (χ0) is 14.5. The lowest BCUT2D eigenvalue weighted by atomic mass is 9.78. The van der Waals surface area contributed by atoms with Crippen LogP contribution < -0.4 is 5.32 Å². The minimum Gasteiger partial charge on any atom is -0.313 e. The molecule has 0 aliphatic heterocycles. The van der Waals surface area contributed by atoms with Crippen LogP contribution in [0.2, 0.25) is 0 Å². The summed E-state index contributed by atoms with van der Waals surface area (Å²) >= 11 is 0. The van der Waals surface area contributed by atoms with Crippen LogP contribution in [0, 0.1) is 22.0 Å². The summed E-state index contributed by atoms with van der Waals surface area (Å²) in [5, 5.41) is 14.2. The predicted molar refractivity (Wildman–Crippen MR) is 80.8 cm³/mol. The van der Waals surface area contributed by atoms with Gasteiger partial charge in [0.25, 0.3) is 5.69 Å². The third kappa shape index (κ3) is 3.79. The number of nitrogens with zero attached hydrogens (tertiary/aromatic N) is 1. The fourth-order valence-corrected chi connectivity index (χ4v) is 3.06. The summed E-state index contributed by atoms with van der Waals surface area (Å²) < 4.78 is 0. The molecule has 0 heterocycles. The van der Waals surface area contributed by atoms with Crippen molar-refractivity contribution in [2.45, 2.75) is 45.6 Å². The van der Waals surface area contributed by atoms with Gasteiger partial charge in [-0.3, -0.25) is 10.1 Å². The summed E-state index contributed by atoms with van der Waals surface area (Å²) in [6.07, 6.45) is 4.86. The summed E-state index contributed by atoms with van der Waals surface area (Å²) in [7, 11) is 0. The Labute approximate surface area is 120 Å². The van der Waals surface area contributed by atoms with Crippen LogP contribution in [0.4, 0.5) is 5.69 Å². The molecule has 1 fully saturated rings. The second-order valence-electron chi connectivity index (χ2n) is 6.00. The topological polar surface area (TPSA) is 55.2 Å². The highest BCUT2D eigenvalue weighted by Gasteiger charge is 2.26. The van der Waals surface area contributed by atoms with Crippen molar-refractivity contribution < 1.29 is 4.92 Å². The van der Waals surface area contributed by atoms with Crippen molar-refractivity contribution in [2.75, 3.05) is 6.54 Å². The van der Waals surface area contributed by atoms with E-state index in [1.54, 1.807) is 12.1 Å². The summed E-state index contributed by atoms with van der Waals surface area (Å²) in [5.74, 6) is 1.54. The molecule has 1 aliphatic rings. The van der Waals surface area contributed by atoms with Crippen LogP contribution in [0.25, 0.3) is 0 Å². The zero-order valence-corrected chi connectivity index (χ0v) is 12.3. The lowest BCUT2D eigenvalue weighted by Crippen LogP contribution is -2.41. The van der Waals surface area contributed by atoms with E-state index >= 15 is 0 Å². The molecule has 0 radical (unpaired) electrons. The van der Waals surface area contributed by atoms with E-state index in [1.807, 2.05) is 12.1 Å². The summed E-state index contributed by atoms with van der Waals surface area (Å²) in [6, 6.07) is 7.50. The molecule has 0 bridgehead atoms. The minimum atomic E-state index is -0.354. The van der Waals surface area contributed by atoms with Gasteiger partial charge in [-0.15, -0.1) is 0 Å². The molecule has 1 saturated carbocycles. The molecule has 2 rings (SSSR count). The highest BCUT2D eigenvalue weighted by Crippen LogP contribution is 2.29. The molecular weight excluding hydrogens is 252 g/mol. The number of rotatable bonds is 5. The highest BCUT2D eigenvalue weighted by molar-refractivity contribution is 5.32. The van der Waals surface area contributed by atoms with Crippen LogP contribution in [-0.4, -0.2) is 17.5 Å². The van der Waals surface area contributed by atoms with E-state index in [-0.39, 0.29) is 10.6 Å². The number of hydrogen-bond donors (Lipinski definition) is 1. The zero-order valence-electron chi connectivity index (χ0n) is 12.3. The third-order valence-corrected chi connectivity index (χ3v) is 4.67. The van der Waals surface area contributed by atoms with Gasteiger partial charge in [-0.1, -0.05) is 38.8 Å². The first-order valence-electron chi connectivity index (χ1n) is 7.54. The van der Waals surface area contributed by atoms with Gasteiger partial charge >= 0.3 is 0 Å². The number of non-ortho nitro benzene ring substituents is 1. The fraction of sp³-hybridized carbons (Fsp3) is 0.625. The molecule has 0 amide bonds. The Morgan fingerprint density at radius 2 is 1.95 bits per heavy atom. The van der Waals surface area contributed by atoms with Crippen molar-refractivity contribution in [2.24, 2.45) is 11.8 Å². The monoisotopic (exact) mass is 276 g/mol. The van der Waals surface area contributed by atoms with Gasteiger partial charge < -0.3 is 5.32 Å². The van der Waals surface area contributed by atoms with Crippen LogP contribution in [0.1, 0.15) is 38.7 Å². The molecule has 4 nitrogen and oxygen atoms in total. The Balaban J connectivity index is 1.79. The summed E-state index contributed by atoms with van der Waals surface area (Å²) in [6.45, 7) is 5.63. The second kappa shape index (κ2) is 6.84. The van der Waals surface area contributed by atoms with E-state index in [0.717, 1.165) is 30.4 Å². The lowest BCUT2D eigenvalue weighted by molar-refractivity contribution is -0.384. The van der Waals surface area contributed by atoms with Gasteiger partial charge in [-0.05, 0) is 36.8 Å². The molecule has 1 aromatic carbocycles. The van der Waals surface area contributed by atoms with E-state index in [2.05, 4.69) is 19.2 Å². The lowest BCUT2D eigenvalue weighted by Gasteiger charge is -2.34. The first kappa shape index (κ1) is 15.0. The molecule has 20 heavy (non-hydrogen) atoms. The van der Waals surface area contributed by atoms with Gasteiger partial charge in [0.2, 0.25) is 0 Å². The molecule has 1 aliphatic carbocycles. The molecule has 110 valence electrons. The molecule has 4 heteroatoms. The van der Waals surface area contributed by atoms with Crippen molar-refractivity contribution in [3.8, 4) is 0 Å². The number of nitro groups is 1. The molecule has 1 N–H and O–H groups in total. The maximum absolute atomic E-state index is 10.6. The van der Waals surface area contributed by atoms with Crippen molar-refractivity contribution in [3.05, 3.63) is 39.9 Å².